The lowest BCUT2D eigenvalue weighted by Crippen LogP contribution is -2.13. The molecule has 0 aliphatic heterocycles. The molecule has 0 aliphatic carbocycles. The van der Waals surface area contributed by atoms with Crippen LogP contribution in [0.4, 0.5) is 24.5 Å². The zero-order chi connectivity index (χ0) is 13.1. The van der Waals surface area contributed by atoms with Crippen LogP contribution in [0.15, 0.2) is 18.2 Å². The van der Waals surface area contributed by atoms with E-state index in [1.165, 1.54) is 0 Å². The first-order chi connectivity index (χ1) is 7.86. The van der Waals surface area contributed by atoms with Crippen LogP contribution in [0.5, 0.6) is 0 Å². The molecule has 0 saturated carbocycles. The first-order valence-corrected chi connectivity index (χ1v) is 4.56. The van der Waals surface area contributed by atoms with Crippen molar-refractivity contribution < 1.29 is 23.2 Å². The summed E-state index contributed by atoms with van der Waals surface area (Å²) in [5.41, 5.74) is -2.05. The molecule has 1 aromatic rings. The fourth-order valence-electron chi connectivity index (χ4n) is 1.23. The van der Waals surface area contributed by atoms with Crippen molar-refractivity contribution in [2.75, 3.05) is 18.5 Å². The molecular formula is C9H9F3N2O3. The predicted octanol–water partition coefficient (Wildman–Crippen LogP) is 2.02. The van der Waals surface area contributed by atoms with Gasteiger partial charge < -0.3 is 10.4 Å². The summed E-state index contributed by atoms with van der Waals surface area (Å²) in [6, 6.07) is 2.39. The summed E-state index contributed by atoms with van der Waals surface area (Å²) in [5, 5.41) is 21.2. The maximum Gasteiger partial charge on any atom is 0.418 e. The monoisotopic (exact) mass is 250 g/mol. The highest BCUT2D eigenvalue weighted by Crippen LogP contribution is 2.36. The SMILES string of the molecule is O=[N+]([O-])c1ccc(NCCO)c(C(F)(F)F)c1. The molecule has 0 atom stereocenters. The third-order valence-electron chi connectivity index (χ3n) is 1.95. The Labute approximate surface area is 94.0 Å². The summed E-state index contributed by atoms with van der Waals surface area (Å²) in [6.07, 6.45) is -4.69. The highest BCUT2D eigenvalue weighted by atomic mass is 19.4. The van der Waals surface area contributed by atoms with E-state index < -0.39 is 22.4 Å². The van der Waals surface area contributed by atoms with Gasteiger partial charge in [0.2, 0.25) is 0 Å². The number of nitrogens with one attached hydrogen (secondary N) is 1. The predicted molar refractivity (Wildman–Crippen MR) is 53.7 cm³/mol. The van der Waals surface area contributed by atoms with Crippen molar-refractivity contribution in [2.24, 2.45) is 0 Å². The molecule has 0 saturated heterocycles. The van der Waals surface area contributed by atoms with E-state index >= 15 is 0 Å². The quantitative estimate of drug-likeness (QED) is 0.633. The van der Waals surface area contributed by atoms with Gasteiger partial charge in [0.1, 0.15) is 0 Å². The summed E-state index contributed by atoms with van der Waals surface area (Å²) < 4.78 is 37.8. The zero-order valence-electron chi connectivity index (χ0n) is 8.49. The average Bonchev–Trinajstić information content (AvgIpc) is 2.24. The van der Waals surface area contributed by atoms with E-state index in [4.69, 9.17) is 5.11 Å². The number of anilines is 1. The molecule has 0 aliphatic rings. The third kappa shape index (κ3) is 3.31. The summed E-state index contributed by atoms with van der Waals surface area (Å²) in [7, 11) is 0. The molecule has 0 radical (unpaired) electrons. The number of aliphatic hydroxyl groups is 1. The van der Waals surface area contributed by atoms with Crippen molar-refractivity contribution in [2.45, 2.75) is 6.18 Å². The Balaban J connectivity index is 3.17. The van der Waals surface area contributed by atoms with Crippen LogP contribution in [0.25, 0.3) is 0 Å². The number of hydrogen-bond acceptors (Lipinski definition) is 4. The second kappa shape index (κ2) is 5.00. The molecule has 0 spiro atoms. The minimum Gasteiger partial charge on any atom is -0.395 e. The van der Waals surface area contributed by atoms with E-state index in [1.54, 1.807) is 0 Å². The molecule has 0 fully saturated rings. The van der Waals surface area contributed by atoms with E-state index in [0.717, 1.165) is 12.1 Å². The first-order valence-electron chi connectivity index (χ1n) is 4.56. The maximum absolute atomic E-state index is 12.6. The molecule has 0 amide bonds. The van der Waals surface area contributed by atoms with E-state index in [1.807, 2.05) is 0 Å². The average molecular weight is 250 g/mol. The molecule has 5 nitrogen and oxygen atoms in total. The fraction of sp³-hybridized carbons (Fsp3) is 0.333. The highest BCUT2D eigenvalue weighted by Gasteiger charge is 2.35. The van der Waals surface area contributed by atoms with Crippen LogP contribution in [0, 0.1) is 10.1 Å². The molecule has 0 aromatic heterocycles. The number of alkyl halides is 3. The van der Waals surface area contributed by atoms with Crippen molar-refractivity contribution in [3.05, 3.63) is 33.9 Å². The highest BCUT2D eigenvalue weighted by molar-refractivity contribution is 5.57. The second-order valence-corrected chi connectivity index (χ2v) is 3.14. The molecular weight excluding hydrogens is 241 g/mol. The lowest BCUT2D eigenvalue weighted by Gasteiger charge is -2.13. The van der Waals surface area contributed by atoms with Crippen LogP contribution in [-0.4, -0.2) is 23.2 Å². The van der Waals surface area contributed by atoms with Crippen LogP contribution in [-0.2, 0) is 6.18 Å². The van der Waals surface area contributed by atoms with Crippen LogP contribution in [0.1, 0.15) is 5.56 Å². The number of aliphatic hydroxyl groups excluding tert-OH is 1. The number of nitro groups is 1. The number of rotatable bonds is 4. The molecule has 17 heavy (non-hydrogen) atoms. The van der Waals surface area contributed by atoms with Gasteiger partial charge >= 0.3 is 6.18 Å². The van der Waals surface area contributed by atoms with Crippen LogP contribution in [0.3, 0.4) is 0 Å². The van der Waals surface area contributed by atoms with Gasteiger partial charge in [0.15, 0.2) is 0 Å². The Morgan fingerprint density at radius 3 is 2.53 bits per heavy atom. The third-order valence-corrected chi connectivity index (χ3v) is 1.95. The van der Waals surface area contributed by atoms with Gasteiger partial charge in [-0.2, -0.15) is 13.2 Å². The van der Waals surface area contributed by atoms with E-state index in [0.29, 0.717) is 6.07 Å². The van der Waals surface area contributed by atoms with Crippen molar-refractivity contribution >= 4 is 11.4 Å². The topological polar surface area (TPSA) is 75.4 Å². The molecule has 0 unspecified atom stereocenters. The van der Waals surface area contributed by atoms with Gasteiger partial charge in [-0.3, -0.25) is 10.1 Å². The normalized spacial score (nSPS) is 11.3. The number of nitro benzene ring substituents is 1. The van der Waals surface area contributed by atoms with Crippen LogP contribution < -0.4 is 5.32 Å². The van der Waals surface area contributed by atoms with Crippen molar-refractivity contribution in [3.8, 4) is 0 Å². The van der Waals surface area contributed by atoms with Gasteiger partial charge in [-0.15, -0.1) is 0 Å². The van der Waals surface area contributed by atoms with Crippen molar-refractivity contribution in [3.63, 3.8) is 0 Å². The number of halogens is 3. The molecule has 94 valence electrons. The molecule has 1 aromatic carbocycles. The zero-order valence-corrected chi connectivity index (χ0v) is 8.49. The summed E-state index contributed by atoms with van der Waals surface area (Å²) in [6.45, 7) is -0.408. The lowest BCUT2D eigenvalue weighted by atomic mass is 10.1. The van der Waals surface area contributed by atoms with Gasteiger partial charge in [-0.1, -0.05) is 0 Å². The Morgan fingerprint density at radius 1 is 1.41 bits per heavy atom. The first kappa shape index (κ1) is 13.2. The minimum atomic E-state index is -4.69. The Morgan fingerprint density at radius 2 is 2.06 bits per heavy atom. The minimum absolute atomic E-state index is 0.0686. The Kier molecular flexibility index (Phi) is 3.89. The molecule has 8 heteroatoms. The van der Waals surface area contributed by atoms with Crippen LogP contribution in [0.2, 0.25) is 0 Å². The smallest absolute Gasteiger partial charge is 0.395 e. The summed E-state index contributed by atoms with van der Waals surface area (Å²) in [5.74, 6) is 0. The number of nitrogens with zero attached hydrogens (tertiary/aromatic N) is 1. The van der Waals surface area contributed by atoms with Crippen molar-refractivity contribution in [1.82, 2.24) is 0 Å². The molecule has 0 heterocycles. The number of benzene rings is 1. The molecule has 2 N–H and O–H groups in total. The van der Waals surface area contributed by atoms with Gasteiger partial charge in [0, 0.05) is 24.4 Å². The summed E-state index contributed by atoms with van der Waals surface area (Å²) >= 11 is 0. The van der Waals surface area contributed by atoms with Crippen molar-refractivity contribution in [1.29, 1.82) is 0 Å². The fourth-order valence-corrected chi connectivity index (χ4v) is 1.23. The Hall–Kier alpha value is -1.83. The van der Waals surface area contributed by atoms with Gasteiger partial charge in [0.25, 0.3) is 5.69 Å². The van der Waals surface area contributed by atoms with Gasteiger partial charge in [-0.25, -0.2) is 0 Å². The van der Waals surface area contributed by atoms with Gasteiger partial charge in [-0.05, 0) is 6.07 Å². The van der Waals surface area contributed by atoms with Crippen LogP contribution >= 0.6 is 0 Å². The lowest BCUT2D eigenvalue weighted by molar-refractivity contribution is -0.385. The largest absolute Gasteiger partial charge is 0.418 e. The molecule has 1 rings (SSSR count). The summed E-state index contributed by atoms with van der Waals surface area (Å²) in [4.78, 5) is 9.49. The van der Waals surface area contributed by atoms with E-state index in [9.17, 15) is 23.3 Å². The Bertz CT molecular complexity index is 420. The number of hydrogen-bond donors (Lipinski definition) is 2. The van der Waals surface area contributed by atoms with Gasteiger partial charge in [0.05, 0.1) is 17.1 Å². The maximum atomic E-state index is 12.6. The van der Waals surface area contributed by atoms with E-state index in [-0.39, 0.29) is 18.8 Å². The van der Waals surface area contributed by atoms with E-state index in [2.05, 4.69) is 5.32 Å². The second-order valence-electron chi connectivity index (χ2n) is 3.14. The standard InChI is InChI=1S/C9H9F3N2O3/c10-9(11,12)7-5-6(14(16)17)1-2-8(7)13-3-4-15/h1-2,5,13,15H,3-4H2. The molecule has 0 bridgehead atoms. The number of non-ortho nitro benzene ring substituents is 1.